The highest BCUT2D eigenvalue weighted by Crippen LogP contribution is 2.09. The average Bonchev–Trinajstić information content (AvgIpc) is 2.48. The summed E-state index contributed by atoms with van der Waals surface area (Å²) in [4.78, 5) is 17.5. The lowest BCUT2D eigenvalue weighted by atomic mass is 10.2. The van der Waals surface area contributed by atoms with Gasteiger partial charge in [0, 0.05) is 13.1 Å². The molecule has 20 heavy (non-hydrogen) atoms. The van der Waals surface area contributed by atoms with Crippen LogP contribution in [-0.2, 0) is 6.54 Å². The molecule has 0 aliphatic heterocycles. The van der Waals surface area contributed by atoms with E-state index in [0.717, 1.165) is 11.8 Å². The molecular weight excluding hydrogens is 259 g/mol. The van der Waals surface area contributed by atoms with Gasteiger partial charge < -0.3 is 10.0 Å². The Kier molecular flexibility index (Phi) is 4.79. The Labute approximate surface area is 116 Å². The first-order valence-corrected chi connectivity index (χ1v) is 6.26. The van der Waals surface area contributed by atoms with Gasteiger partial charge in [0.2, 0.25) is 0 Å². The number of nitrogens with zero attached hydrogens (tertiary/aromatic N) is 2. The summed E-state index contributed by atoms with van der Waals surface area (Å²) in [5, 5.41) is 9.08. The quantitative estimate of drug-likeness (QED) is 0.905. The molecule has 2 aromatic rings. The van der Waals surface area contributed by atoms with Crippen LogP contribution in [0, 0.1) is 5.82 Å². The van der Waals surface area contributed by atoms with Crippen molar-refractivity contribution in [2.75, 3.05) is 13.2 Å². The maximum atomic E-state index is 12.8. The molecule has 0 atom stereocenters. The summed E-state index contributed by atoms with van der Waals surface area (Å²) in [5.41, 5.74) is 1.12. The lowest BCUT2D eigenvalue weighted by molar-refractivity contribution is 0.0702. The fraction of sp³-hybridized carbons (Fsp3) is 0.200. The Morgan fingerprint density at radius 3 is 2.55 bits per heavy atom. The third kappa shape index (κ3) is 3.61. The van der Waals surface area contributed by atoms with E-state index in [1.807, 2.05) is 30.3 Å². The van der Waals surface area contributed by atoms with Crippen LogP contribution < -0.4 is 0 Å². The van der Waals surface area contributed by atoms with Crippen molar-refractivity contribution >= 4 is 5.91 Å². The fourth-order valence-electron chi connectivity index (χ4n) is 1.84. The standard InChI is InChI=1S/C15H15FN2O2/c16-13-6-7-14(17-10-13)15(20)18(8-9-19)11-12-4-2-1-3-5-12/h1-7,10,19H,8-9,11H2. The van der Waals surface area contributed by atoms with Crippen LogP contribution in [0.2, 0.25) is 0 Å². The summed E-state index contributed by atoms with van der Waals surface area (Å²) >= 11 is 0. The van der Waals surface area contributed by atoms with E-state index in [4.69, 9.17) is 5.11 Å². The van der Waals surface area contributed by atoms with Gasteiger partial charge >= 0.3 is 0 Å². The smallest absolute Gasteiger partial charge is 0.272 e. The van der Waals surface area contributed by atoms with E-state index < -0.39 is 5.82 Å². The summed E-state index contributed by atoms with van der Waals surface area (Å²) in [6.07, 6.45) is 1.01. The van der Waals surface area contributed by atoms with Crippen molar-refractivity contribution in [1.29, 1.82) is 0 Å². The zero-order chi connectivity index (χ0) is 14.4. The zero-order valence-electron chi connectivity index (χ0n) is 10.9. The molecule has 0 spiro atoms. The SMILES string of the molecule is O=C(c1ccc(F)cn1)N(CCO)Cc1ccccc1. The second-order valence-corrected chi connectivity index (χ2v) is 4.30. The van der Waals surface area contributed by atoms with Crippen molar-refractivity contribution in [3.05, 3.63) is 65.7 Å². The van der Waals surface area contributed by atoms with Gasteiger partial charge in [-0.2, -0.15) is 0 Å². The molecule has 0 saturated heterocycles. The molecule has 2 rings (SSSR count). The van der Waals surface area contributed by atoms with Gasteiger partial charge in [-0.25, -0.2) is 9.37 Å². The lowest BCUT2D eigenvalue weighted by Crippen LogP contribution is -2.33. The summed E-state index contributed by atoms with van der Waals surface area (Å²) in [6.45, 7) is 0.436. The molecule has 1 N–H and O–H groups in total. The highest BCUT2D eigenvalue weighted by molar-refractivity contribution is 5.92. The van der Waals surface area contributed by atoms with Gasteiger partial charge in [-0.05, 0) is 17.7 Å². The minimum atomic E-state index is -0.488. The topological polar surface area (TPSA) is 53.4 Å². The van der Waals surface area contributed by atoms with E-state index in [0.29, 0.717) is 6.54 Å². The molecule has 1 aromatic heterocycles. The number of hydrogen-bond donors (Lipinski definition) is 1. The first-order valence-electron chi connectivity index (χ1n) is 6.26. The second-order valence-electron chi connectivity index (χ2n) is 4.30. The summed E-state index contributed by atoms with van der Waals surface area (Å²) in [6, 6.07) is 12.0. The van der Waals surface area contributed by atoms with E-state index in [1.54, 1.807) is 0 Å². The van der Waals surface area contributed by atoms with Crippen molar-refractivity contribution in [3.8, 4) is 0 Å². The van der Waals surface area contributed by atoms with Crippen LogP contribution in [0.15, 0.2) is 48.7 Å². The highest BCUT2D eigenvalue weighted by Gasteiger charge is 2.16. The zero-order valence-corrected chi connectivity index (χ0v) is 10.9. The van der Waals surface area contributed by atoms with E-state index in [9.17, 15) is 9.18 Å². The number of aromatic nitrogens is 1. The van der Waals surface area contributed by atoms with Gasteiger partial charge in [-0.1, -0.05) is 30.3 Å². The minimum Gasteiger partial charge on any atom is -0.395 e. The molecule has 0 bridgehead atoms. The molecular formula is C15H15FN2O2. The van der Waals surface area contributed by atoms with E-state index in [1.165, 1.54) is 17.0 Å². The molecule has 0 radical (unpaired) electrons. The Hall–Kier alpha value is -2.27. The molecule has 0 fully saturated rings. The average molecular weight is 274 g/mol. The number of amides is 1. The Morgan fingerprint density at radius 2 is 1.95 bits per heavy atom. The monoisotopic (exact) mass is 274 g/mol. The molecule has 0 saturated carbocycles. The molecule has 1 heterocycles. The largest absolute Gasteiger partial charge is 0.395 e. The predicted molar refractivity (Wildman–Crippen MR) is 72.5 cm³/mol. The Morgan fingerprint density at radius 1 is 1.20 bits per heavy atom. The first-order chi connectivity index (χ1) is 9.70. The van der Waals surface area contributed by atoms with Gasteiger partial charge in [0.1, 0.15) is 11.5 Å². The van der Waals surface area contributed by atoms with Crippen molar-refractivity contribution in [3.63, 3.8) is 0 Å². The minimum absolute atomic E-state index is 0.139. The third-order valence-electron chi connectivity index (χ3n) is 2.82. The van der Waals surface area contributed by atoms with E-state index in [-0.39, 0.29) is 24.8 Å². The maximum absolute atomic E-state index is 12.8. The number of benzene rings is 1. The molecule has 1 aromatic carbocycles. The van der Waals surface area contributed by atoms with Gasteiger partial charge in [-0.15, -0.1) is 0 Å². The van der Waals surface area contributed by atoms with Crippen molar-refractivity contribution < 1.29 is 14.3 Å². The van der Waals surface area contributed by atoms with Crippen LogP contribution in [0.5, 0.6) is 0 Å². The molecule has 1 amide bonds. The molecule has 4 nitrogen and oxygen atoms in total. The normalized spacial score (nSPS) is 10.3. The number of aliphatic hydroxyl groups excluding tert-OH is 1. The van der Waals surface area contributed by atoms with Crippen LogP contribution in [0.3, 0.4) is 0 Å². The van der Waals surface area contributed by atoms with E-state index in [2.05, 4.69) is 4.98 Å². The fourth-order valence-corrected chi connectivity index (χ4v) is 1.84. The molecule has 5 heteroatoms. The first kappa shape index (κ1) is 14.1. The van der Waals surface area contributed by atoms with Crippen molar-refractivity contribution in [2.45, 2.75) is 6.54 Å². The number of carbonyl (C=O) groups is 1. The molecule has 0 aliphatic carbocycles. The number of hydrogen-bond acceptors (Lipinski definition) is 3. The Bertz CT molecular complexity index is 558. The van der Waals surface area contributed by atoms with Crippen LogP contribution in [0.25, 0.3) is 0 Å². The van der Waals surface area contributed by atoms with Crippen molar-refractivity contribution in [2.24, 2.45) is 0 Å². The maximum Gasteiger partial charge on any atom is 0.272 e. The van der Waals surface area contributed by atoms with Gasteiger partial charge in [0.05, 0.1) is 12.8 Å². The Balaban J connectivity index is 2.15. The summed E-state index contributed by atoms with van der Waals surface area (Å²) in [5.74, 6) is -0.818. The number of halogens is 1. The summed E-state index contributed by atoms with van der Waals surface area (Å²) < 4.78 is 12.8. The van der Waals surface area contributed by atoms with Gasteiger partial charge in [0.15, 0.2) is 0 Å². The van der Waals surface area contributed by atoms with Crippen LogP contribution in [0.4, 0.5) is 4.39 Å². The number of pyridine rings is 1. The third-order valence-corrected chi connectivity index (χ3v) is 2.82. The van der Waals surface area contributed by atoms with Gasteiger partial charge in [0.25, 0.3) is 5.91 Å². The second kappa shape index (κ2) is 6.77. The van der Waals surface area contributed by atoms with E-state index >= 15 is 0 Å². The van der Waals surface area contributed by atoms with Crippen LogP contribution in [-0.4, -0.2) is 34.0 Å². The molecule has 0 unspecified atom stereocenters. The highest BCUT2D eigenvalue weighted by atomic mass is 19.1. The van der Waals surface area contributed by atoms with Crippen molar-refractivity contribution in [1.82, 2.24) is 9.88 Å². The summed E-state index contributed by atoms with van der Waals surface area (Å²) in [7, 11) is 0. The lowest BCUT2D eigenvalue weighted by Gasteiger charge is -2.21. The predicted octanol–water partition coefficient (Wildman–Crippen LogP) is 1.86. The van der Waals surface area contributed by atoms with Crippen LogP contribution >= 0.6 is 0 Å². The van der Waals surface area contributed by atoms with Crippen LogP contribution in [0.1, 0.15) is 16.1 Å². The number of rotatable bonds is 5. The molecule has 0 aliphatic rings. The van der Waals surface area contributed by atoms with Gasteiger partial charge in [-0.3, -0.25) is 4.79 Å². The number of carbonyl (C=O) groups excluding carboxylic acids is 1. The molecule has 104 valence electrons. The number of aliphatic hydroxyl groups is 1.